The van der Waals surface area contributed by atoms with Crippen LogP contribution in [0.25, 0.3) is 0 Å². The topological polar surface area (TPSA) is 50.2 Å². The number of imidazole rings is 1. The summed E-state index contributed by atoms with van der Waals surface area (Å²) in [6.07, 6.45) is 4.11. The molecule has 0 spiro atoms. The molecule has 1 amide bonds. The number of carbonyl (C=O) groups is 1. The van der Waals surface area contributed by atoms with Crippen molar-refractivity contribution in [2.75, 3.05) is 6.54 Å². The number of aromatic nitrogens is 2. The van der Waals surface area contributed by atoms with Gasteiger partial charge < -0.3 is 9.88 Å². The first kappa shape index (κ1) is 14.0. The molecule has 2 aliphatic rings. The molecule has 116 valence electrons. The van der Waals surface area contributed by atoms with Crippen molar-refractivity contribution < 1.29 is 4.79 Å². The Balaban J connectivity index is 1.51. The van der Waals surface area contributed by atoms with Crippen LogP contribution in [0.2, 0.25) is 0 Å². The van der Waals surface area contributed by atoms with Crippen LogP contribution in [0.5, 0.6) is 0 Å². The summed E-state index contributed by atoms with van der Waals surface area (Å²) in [6.45, 7) is 5.01. The molecule has 5 nitrogen and oxygen atoms in total. The van der Waals surface area contributed by atoms with Gasteiger partial charge in [0.1, 0.15) is 11.5 Å². The molecule has 1 aliphatic heterocycles. The maximum absolute atomic E-state index is 12.2. The van der Waals surface area contributed by atoms with Crippen molar-refractivity contribution in [3.05, 3.63) is 40.1 Å². The molecule has 0 radical (unpaired) electrons. The molecule has 1 saturated carbocycles. The van der Waals surface area contributed by atoms with Crippen LogP contribution >= 0.6 is 11.3 Å². The molecule has 2 aromatic rings. The van der Waals surface area contributed by atoms with Crippen molar-refractivity contribution in [1.82, 2.24) is 19.8 Å². The highest BCUT2D eigenvalue weighted by Crippen LogP contribution is 2.27. The van der Waals surface area contributed by atoms with Gasteiger partial charge in [-0.1, -0.05) is 0 Å². The minimum Gasteiger partial charge on any atom is -0.348 e. The Labute approximate surface area is 134 Å². The molecule has 0 unspecified atom stereocenters. The molecular formula is C16H20N4OS. The molecule has 3 heterocycles. The van der Waals surface area contributed by atoms with Crippen LogP contribution in [0.4, 0.5) is 0 Å². The quantitative estimate of drug-likeness (QED) is 0.942. The number of nitrogens with zero attached hydrogens (tertiary/aromatic N) is 3. The van der Waals surface area contributed by atoms with Crippen molar-refractivity contribution in [1.29, 1.82) is 0 Å². The summed E-state index contributed by atoms with van der Waals surface area (Å²) in [6, 6.07) is 2.78. The average Bonchev–Trinajstić information content (AvgIpc) is 3.02. The lowest BCUT2D eigenvalue weighted by molar-refractivity contribution is 0.0946. The predicted octanol–water partition coefficient (Wildman–Crippen LogP) is 2.41. The van der Waals surface area contributed by atoms with Gasteiger partial charge in [-0.3, -0.25) is 9.69 Å². The summed E-state index contributed by atoms with van der Waals surface area (Å²) in [5.74, 6) is 0.975. The Kier molecular flexibility index (Phi) is 3.50. The summed E-state index contributed by atoms with van der Waals surface area (Å²) in [7, 11) is 0. The second-order valence-corrected chi connectivity index (χ2v) is 6.98. The van der Waals surface area contributed by atoms with Crippen LogP contribution in [-0.2, 0) is 13.1 Å². The van der Waals surface area contributed by atoms with E-state index in [0.717, 1.165) is 38.3 Å². The van der Waals surface area contributed by atoms with Gasteiger partial charge in [0.15, 0.2) is 0 Å². The van der Waals surface area contributed by atoms with Crippen molar-refractivity contribution in [3.63, 3.8) is 0 Å². The Hall–Kier alpha value is -1.66. The van der Waals surface area contributed by atoms with Gasteiger partial charge in [0.05, 0.1) is 6.04 Å². The van der Waals surface area contributed by atoms with E-state index >= 15 is 0 Å². The van der Waals surface area contributed by atoms with E-state index in [-0.39, 0.29) is 11.9 Å². The van der Waals surface area contributed by atoms with Crippen LogP contribution in [0, 0.1) is 0 Å². The monoisotopic (exact) mass is 316 g/mol. The van der Waals surface area contributed by atoms with Crippen molar-refractivity contribution in [2.24, 2.45) is 0 Å². The third-order valence-electron chi connectivity index (χ3n) is 4.47. The van der Waals surface area contributed by atoms with E-state index in [4.69, 9.17) is 0 Å². The summed E-state index contributed by atoms with van der Waals surface area (Å²) in [5.41, 5.74) is 1.91. The Morgan fingerprint density at radius 2 is 2.32 bits per heavy atom. The van der Waals surface area contributed by atoms with Crippen molar-refractivity contribution in [3.8, 4) is 0 Å². The van der Waals surface area contributed by atoms with Crippen LogP contribution in [-0.4, -0.2) is 32.9 Å². The van der Waals surface area contributed by atoms with Gasteiger partial charge in [0.2, 0.25) is 0 Å². The highest BCUT2D eigenvalue weighted by molar-refractivity contribution is 7.07. The fraction of sp³-hybridized carbons (Fsp3) is 0.500. The molecule has 4 rings (SSSR count). The molecule has 2 aromatic heterocycles. The number of rotatable bonds is 4. The highest BCUT2D eigenvalue weighted by Gasteiger charge is 2.29. The number of hydrogen-bond acceptors (Lipinski definition) is 4. The van der Waals surface area contributed by atoms with E-state index in [1.54, 1.807) is 11.3 Å². The number of nitrogens with one attached hydrogen (secondary N) is 1. The molecule has 1 fully saturated rings. The highest BCUT2D eigenvalue weighted by atomic mass is 32.1. The second kappa shape index (κ2) is 5.52. The molecule has 0 aromatic carbocycles. The van der Waals surface area contributed by atoms with Gasteiger partial charge in [-0.2, -0.15) is 11.3 Å². The lowest BCUT2D eigenvalue weighted by Gasteiger charge is -2.33. The van der Waals surface area contributed by atoms with Gasteiger partial charge in [0, 0.05) is 31.9 Å². The molecule has 1 atom stereocenters. The minimum absolute atomic E-state index is 0.0269. The van der Waals surface area contributed by atoms with Crippen LogP contribution in [0.1, 0.15) is 47.7 Å². The van der Waals surface area contributed by atoms with Crippen LogP contribution < -0.4 is 5.32 Å². The van der Waals surface area contributed by atoms with Gasteiger partial charge in [0.25, 0.3) is 5.91 Å². The number of hydrogen-bond donors (Lipinski definition) is 1. The largest absolute Gasteiger partial charge is 0.348 e. The first-order chi connectivity index (χ1) is 10.7. The molecule has 0 saturated heterocycles. The van der Waals surface area contributed by atoms with Crippen LogP contribution in [0.15, 0.2) is 23.0 Å². The zero-order chi connectivity index (χ0) is 15.1. The van der Waals surface area contributed by atoms with Crippen molar-refractivity contribution in [2.45, 2.75) is 44.9 Å². The zero-order valence-electron chi connectivity index (χ0n) is 12.7. The second-order valence-electron chi connectivity index (χ2n) is 6.20. The Morgan fingerprint density at radius 3 is 3.05 bits per heavy atom. The Bertz CT molecular complexity index is 674. The third kappa shape index (κ3) is 2.68. The molecular weight excluding hydrogens is 296 g/mol. The summed E-state index contributed by atoms with van der Waals surface area (Å²) >= 11 is 1.73. The molecule has 1 aliphatic carbocycles. The normalized spacial score (nSPS) is 21.6. The maximum Gasteiger partial charge on any atom is 0.271 e. The Morgan fingerprint density at radius 1 is 1.45 bits per heavy atom. The average molecular weight is 316 g/mol. The fourth-order valence-electron chi connectivity index (χ4n) is 2.97. The third-order valence-corrected chi connectivity index (χ3v) is 5.20. The summed E-state index contributed by atoms with van der Waals surface area (Å²) in [5, 5.41) is 7.33. The maximum atomic E-state index is 12.2. The SMILES string of the molecule is C[C@H]1c2nc(C(=O)NC3CC3)cn2CCN1Cc1ccsc1. The van der Waals surface area contributed by atoms with Crippen molar-refractivity contribution >= 4 is 17.2 Å². The molecule has 22 heavy (non-hydrogen) atoms. The van der Waals surface area contributed by atoms with Gasteiger partial charge in [-0.15, -0.1) is 0 Å². The van der Waals surface area contributed by atoms with E-state index in [1.807, 2.05) is 6.20 Å². The first-order valence-electron chi connectivity index (χ1n) is 7.84. The number of fused-ring (bicyclic) bond motifs is 1. The summed E-state index contributed by atoms with van der Waals surface area (Å²) in [4.78, 5) is 19.2. The lowest BCUT2D eigenvalue weighted by Crippen LogP contribution is -2.36. The van der Waals surface area contributed by atoms with Gasteiger partial charge in [-0.05, 0) is 42.2 Å². The standard InChI is InChI=1S/C16H20N4OS/c1-11-15-18-14(16(21)17-13-2-3-13)9-20(15)6-5-19(11)8-12-4-7-22-10-12/h4,7,9-11,13H,2-3,5-6,8H2,1H3,(H,17,21)/t11-/m0/s1. The fourth-order valence-corrected chi connectivity index (χ4v) is 3.63. The van der Waals surface area contributed by atoms with E-state index in [0.29, 0.717) is 11.7 Å². The first-order valence-corrected chi connectivity index (χ1v) is 8.78. The van der Waals surface area contributed by atoms with E-state index < -0.39 is 0 Å². The predicted molar refractivity (Wildman–Crippen MR) is 85.9 cm³/mol. The number of thiophene rings is 1. The van der Waals surface area contributed by atoms with E-state index in [2.05, 4.69) is 43.5 Å². The molecule has 0 bridgehead atoms. The lowest BCUT2D eigenvalue weighted by atomic mass is 10.2. The smallest absolute Gasteiger partial charge is 0.271 e. The van der Waals surface area contributed by atoms with E-state index in [1.165, 1.54) is 5.56 Å². The number of amides is 1. The zero-order valence-corrected chi connectivity index (χ0v) is 13.5. The van der Waals surface area contributed by atoms with E-state index in [9.17, 15) is 4.79 Å². The number of carbonyl (C=O) groups excluding carboxylic acids is 1. The molecule has 1 N–H and O–H groups in total. The van der Waals surface area contributed by atoms with Gasteiger partial charge >= 0.3 is 0 Å². The van der Waals surface area contributed by atoms with Crippen LogP contribution in [0.3, 0.4) is 0 Å². The van der Waals surface area contributed by atoms with Gasteiger partial charge in [-0.25, -0.2) is 4.98 Å². The molecule has 6 heteroatoms. The summed E-state index contributed by atoms with van der Waals surface area (Å²) < 4.78 is 2.14. The minimum atomic E-state index is -0.0269.